The van der Waals surface area contributed by atoms with Crippen molar-refractivity contribution in [2.24, 2.45) is 0 Å². The predicted molar refractivity (Wildman–Crippen MR) is 76.2 cm³/mol. The first-order valence-electron chi connectivity index (χ1n) is 6.63. The molecule has 0 radical (unpaired) electrons. The standard InChI is InChI=1S/C17H18O2/c1-18-16-10-13-8-9-14(12-6-4-3-5-7-12)15(13)11-17(16)19-2/h3-7,10-11,14H,8-9H2,1-2H3. The van der Waals surface area contributed by atoms with Gasteiger partial charge in [-0.3, -0.25) is 0 Å². The summed E-state index contributed by atoms with van der Waals surface area (Å²) in [7, 11) is 3.38. The maximum absolute atomic E-state index is 5.42. The van der Waals surface area contributed by atoms with Crippen molar-refractivity contribution in [1.82, 2.24) is 0 Å². The Bertz CT molecular complexity index is 575. The molecule has 2 aromatic rings. The van der Waals surface area contributed by atoms with Gasteiger partial charge in [0.05, 0.1) is 14.2 Å². The molecule has 1 unspecified atom stereocenters. The predicted octanol–water partition coefficient (Wildman–Crippen LogP) is 3.78. The number of aryl methyl sites for hydroxylation is 1. The molecule has 2 nitrogen and oxygen atoms in total. The van der Waals surface area contributed by atoms with E-state index in [0.717, 1.165) is 24.3 Å². The van der Waals surface area contributed by atoms with Crippen molar-refractivity contribution in [3.05, 3.63) is 59.2 Å². The van der Waals surface area contributed by atoms with Gasteiger partial charge in [0.15, 0.2) is 11.5 Å². The van der Waals surface area contributed by atoms with Gasteiger partial charge in [-0.2, -0.15) is 0 Å². The molecule has 0 saturated carbocycles. The molecule has 1 aliphatic rings. The van der Waals surface area contributed by atoms with Gasteiger partial charge in [0.1, 0.15) is 0 Å². The Kier molecular flexibility index (Phi) is 3.16. The molecule has 0 amide bonds. The van der Waals surface area contributed by atoms with Crippen LogP contribution in [0.4, 0.5) is 0 Å². The van der Waals surface area contributed by atoms with E-state index in [2.05, 4.69) is 42.5 Å². The summed E-state index contributed by atoms with van der Waals surface area (Å²) in [5, 5.41) is 0. The maximum Gasteiger partial charge on any atom is 0.161 e. The molecule has 0 aromatic heterocycles. The lowest BCUT2D eigenvalue weighted by atomic mass is 9.93. The summed E-state index contributed by atoms with van der Waals surface area (Å²) in [5.74, 6) is 2.13. The normalized spacial score (nSPS) is 17.1. The first-order valence-corrected chi connectivity index (χ1v) is 6.63. The van der Waals surface area contributed by atoms with E-state index in [4.69, 9.17) is 9.47 Å². The second kappa shape index (κ2) is 4.96. The molecular formula is C17H18O2. The molecule has 1 atom stereocenters. The van der Waals surface area contributed by atoms with Crippen LogP contribution in [0.2, 0.25) is 0 Å². The van der Waals surface area contributed by atoms with E-state index >= 15 is 0 Å². The highest BCUT2D eigenvalue weighted by atomic mass is 16.5. The van der Waals surface area contributed by atoms with Crippen LogP contribution in [-0.4, -0.2) is 14.2 Å². The van der Waals surface area contributed by atoms with Crippen molar-refractivity contribution >= 4 is 0 Å². The summed E-state index contributed by atoms with van der Waals surface area (Å²) in [6, 6.07) is 14.9. The minimum Gasteiger partial charge on any atom is -0.493 e. The molecule has 1 aliphatic carbocycles. The number of hydrogen-bond donors (Lipinski definition) is 0. The largest absolute Gasteiger partial charge is 0.493 e. The van der Waals surface area contributed by atoms with Gasteiger partial charge in [-0.1, -0.05) is 30.3 Å². The Morgan fingerprint density at radius 1 is 0.947 bits per heavy atom. The number of hydrogen-bond acceptors (Lipinski definition) is 2. The molecular weight excluding hydrogens is 236 g/mol. The van der Waals surface area contributed by atoms with Crippen LogP contribution in [0.5, 0.6) is 11.5 Å². The fourth-order valence-electron chi connectivity index (χ4n) is 2.96. The van der Waals surface area contributed by atoms with Crippen LogP contribution in [0.25, 0.3) is 0 Å². The Hall–Kier alpha value is -1.96. The van der Waals surface area contributed by atoms with Crippen LogP contribution in [0.15, 0.2) is 42.5 Å². The zero-order valence-electron chi connectivity index (χ0n) is 11.3. The van der Waals surface area contributed by atoms with Crippen LogP contribution < -0.4 is 9.47 Å². The summed E-state index contributed by atoms with van der Waals surface area (Å²) >= 11 is 0. The van der Waals surface area contributed by atoms with E-state index in [1.165, 1.54) is 16.7 Å². The second-order valence-corrected chi connectivity index (χ2v) is 4.91. The van der Waals surface area contributed by atoms with Gasteiger partial charge in [-0.05, 0) is 41.7 Å². The lowest BCUT2D eigenvalue weighted by molar-refractivity contribution is 0.354. The summed E-state index contributed by atoms with van der Waals surface area (Å²) in [4.78, 5) is 0. The fourth-order valence-corrected chi connectivity index (χ4v) is 2.96. The van der Waals surface area contributed by atoms with Crippen LogP contribution >= 0.6 is 0 Å². The van der Waals surface area contributed by atoms with E-state index in [1.807, 2.05) is 0 Å². The van der Waals surface area contributed by atoms with E-state index in [1.54, 1.807) is 14.2 Å². The zero-order chi connectivity index (χ0) is 13.2. The lowest BCUT2D eigenvalue weighted by Gasteiger charge is -2.15. The third kappa shape index (κ3) is 2.07. The van der Waals surface area contributed by atoms with Crippen LogP contribution in [0.3, 0.4) is 0 Å². The third-order valence-electron chi connectivity index (χ3n) is 3.93. The highest BCUT2D eigenvalue weighted by molar-refractivity contribution is 5.52. The number of benzene rings is 2. The Balaban J connectivity index is 2.05. The highest BCUT2D eigenvalue weighted by Crippen LogP contribution is 2.43. The number of methoxy groups -OCH3 is 2. The maximum atomic E-state index is 5.42. The number of rotatable bonds is 3. The minimum atomic E-state index is 0.482. The van der Waals surface area contributed by atoms with E-state index in [-0.39, 0.29) is 0 Å². The zero-order valence-corrected chi connectivity index (χ0v) is 11.3. The molecule has 2 heteroatoms. The lowest BCUT2D eigenvalue weighted by Crippen LogP contribution is -1.98. The summed E-state index contributed by atoms with van der Waals surface area (Å²) < 4.78 is 10.8. The molecule has 0 N–H and O–H groups in total. The van der Waals surface area contributed by atoms with Crippen molar-refractivity contribution in [3.63, 3.8) is 0 Å². The highest BCUT2D eigenvalue weighted by Gasteiger charge is 2.26. The average Bonchev–Trinajstić information content (AvgIpc) is 2.89. The molecule has 0 heterocycles. The smallest absolute Gasteiger partial charge is 0.161 e. The van der Waals surface area contributed by atoms with Crippen molar-refractivity contribution in [3.8, 4) is 11.5 Å². The first-order chi connectivity index (χ1) is 9.33. The van der Waals surface area contributed by atoms with Gasteiger partial charge in [0.2, 0.25) is 0 Å². The quantitative estimate of drug-likeness (QED) is 0.829. The van der Waals surface area contributed by atoms with E-state index in [0.29, 0.717) is 5.92 Å². The molecule has 98 valence electrons. The molecule has 2 aromatic carbocycles. The molecule has 19 heavy (non-hydrogen) atoms. The Morgan fingerprint density at radius 3 is 2.32 bits per heavy atom. The van der Waals surface area contributed by atoms with Crippen LogP contribution in [0, 0.1) is 0 Å². The Labute approximate surface area is 114 Å². The topological polar surface area (TPSA) is 18.5 Å². The number of ether oxygens (including phenoxy) is 2. The van der Waals surface area contributed by atoms with Crippen LogP contribution in [-0.2, 0) is 6.42 Å². The van der Waals surface area contributed by atoms with E-state index in [9.17, 15) is 0 Å². The molecule has 0 bridgehead atoms. The Morgan fingerprint density at radius 2 is 1.63 bits per heavy atom. The van der Waals surface area contributed by atoms with Crippen molar-refractivity contribution in [2.45, 2.75) is 18.8 Å². The average molecular weight is 254 g/mol. The van der Waals surface area contributed by atoms with Gasteiger partial charge in [-0.15, -0.1) is 0 Å². The minimum absolute atomic E-state index is 0.482. The second-order valence-electron chi connectivity index (χ2n) is 4.91. The molecule has 0 aliphatic heterocycles. The van der Waals surface area contributed by atoms with Gasteiger partial charge in [0, 0.05) is 5.92 Å². The third-order valence-corrected chi connectivity index (χ3v) is 3.93. The van der Waals surface area contributed by atoms with Gasteiger partial charge in [0.25, 0.3) is 0 Å². The summed E-state index contributed by atoms with van der Waals surface area (Å²) in [6.45, 7) is 0. The van der Waals surface area contributed by atoms with Gasteiger partial charge in [-0.25, -0.2) is 0 Å². The van der Waals surface area contributed by atoms with Gasteiger partial charge >= 0.3 is 0 Å². The van der Waals surface area contributed by atoms with Crippen molar-refractivity contribution in [2.75, 3.05) is 14.2 Å². The summed E-state index contributed by atoms with van der Waals surface area (Å²) in [5.41, 5.74) is 4.14. The molecule has 0 spiro atoms. The first kappa shape index (κ1) is 12.1. The SMILES string of the molecule is COc1cc2c(cc1OC)C(c1ccccc1)CC2. The monoisotopic (exact) mass is 254 g/mol. The van der Waals surface area contributed by atoms with Crippen molar-refractivity contribution in [1.29, 1.82) is 0 Å². The fraction of sp³-hybridized carbons (Fsp3) is 0.294. The van der Waals surface area contributed by atoms with E-state index < -0.39 is 0 Å². The summed E-state index contributed by atoms with van der Waals surface area (Å²) in [6.07, 6.45) is 2.27. The van der Waals surface area contributed by atoms with Crippen molar-refractivity contribution < 1.29 is 9.47 Å². The molecule has 0 fully saturated rings. The number of fused-ring (bicyclic) bond motifs is 1. The van der Waals surface area contributed by atoms with Crippen LogP contribution in [0.1, 0.15) is 29.0 Å². The molecule has 0 saturated heterocycles. The van der Waals surface area contributed by atoms with Gasteiger partial charge < -0.3 is 9.47 Å². The molecule has 3 rings (SSSR count).